The van der Waals surface area contributed by atoms with Crippen LogP contribution >= 0.6 is 0 Å². The minimum atomic E-state index is 0. The summed E-state index contributed by atoms with van der Waals surface area (Å²) in [4.78, 5) is 0. The smallest absolute Gasteiger partial charge is 2.00 e. The third-order valence-electron chi connectivity index (χ3n) is 0. The van der Waals surface area contributed by atoms with Crippen molar-refractivity contribution in [2.45, 2.75) is 0 Å². The summed E-state index contributed by atoms with van der Waals surface area (Å²) in [6.45, 7) is 0. The summed E-state index contributed by atoms with van der Waals surface area (Å²) < 4.78 is 0. The average molecular weight is 383 g/mol. The molecule has 0 rings (SSSR count). The molecule has 4 heavy (non-hydrogen) atoms. The van der Waals surface area contributed by atoms with Crippen molar-refractivity contribution in [1.29, 1.82) is 0 Å². The van der Waals surface area contributed by atoms with Crippen LogP contribution in [0.15, 0.2) is 0 Å². The zero-order valence-corrected chi connectivity index (χ0v) is 11.4. The van der Waals surface area contributed by atoms with E-state index in [2.05, 4.69) is 0 Å². The van der Waals surface area contributed by atoms with Gasteiger partial charge in [-0.2, -0.15) is 0 Å². The maximum absolute atomic E-state index is 0. The summed E-state index contributed by atoms with van der Waals surface area (Å²) in [6.07, 6.45) is 0. The standard InChI is InChI=1S/In.2S.Tl/q+3;2*-2;+1. The molecule has 0 bridgehead atoms. The van der Waals surface area contributed by atoms with Crippen molar-refractivity contribution in [2.75, 3.05) is 0 Å². The van der Waals surface area contributed by atoms with Crippen LogP contribution in [-0.2, 0) is 27.0 Å². The molecule has 4 heteroatoms. The summed E-state index contributed by atoms with van der Waals surface area (Å²) in [6, 6.07) is 0. The molecule has 0 spiro atoms. The Morgan fingerprint density at radius 1 is 0.750 bits per heavy atom. The minimum Gasteiger partial charge on any atom is -2.00 e. The molecule has 0 saturated carbocycles. The molecule has 0 fully saturated rings. The molecule has 0 aromatic rings. The Balaban J connectivity index is 0. The molecule has 18 valence electrons. The van der Waals surface area contributed by atoms with Crippen molar-refractivity contribution in [3.8, 4) is 0 Å². The molecule has 0 aromatic carbocycles. The van der Waals surface area contributed by atoms with Gasteiger partial charge in [-0.05, 0) is 0 Å². The van der Waals surface area contributed by atoms with Gasteiger partial charge in [-0.25, -0.2) is 0 Å². The summed E-state index contributed by atoms with van der Waals surface area (Å²) in [5, 5.41) is 0. The van der Waals surface area contributed by atoms with Crippen LogP contribution in [0, 0.1) is 0 Å². The van der Waals surface area contributed by atoms with Gasteiger partial charge in [0.05, 0.1) is 0 Å². The predicted octanol–water partition coefficient (Wildman–Crippen LogP) is -0.766. The summed E-state index contributed by atoms with van der Waals surface area (Å²) >= 11 is 0. The Hall–Kier alpha value is 2.49. The van der Waals surface area contributed by atoms with E-state index in [1.165, 1.54) is 0 Å². The Labute approximate surface area is 78.9 Å². The molecular weight excluding hydrogens is 383 g/mol. The van der Waals surface area contributed by atoms with Crippen LogP contribution < -0.4 is 0 Å². The largest absolute Gasteiger partial charge is 3.00 e. The van der Waals surface area contributed by atoms with Crippen molar-refractivity contribution in [1.82, 2.24) is 0 Å². The number of rotatable bonds is 0. The average Bonchev–Trinajstić information content (AvgIpc) is 0. The van der Waals surface area contributed by atoms with Gasteiger partial charge >= 0.3 is 53.1 Å². The first-order valence-electron chi connectivity index (χ1n) is 0. The quantitative estimate of drug-likeness (QED) is 0.483. The van der Waals surface area contributed by atoms with Gasteiger partial charge in [0, 0.05) is 0 Å². The van der Waals surface area contributed by atoms with Crippen LogP contribution in [0.3, 0.4) is 0 Å². The molecule has 0 nitrogen and oxygen atoms in total. The topological polar surface area (TPSA) is 0 Å². The van der Waals surface area contributed by atoms with Gasteiger partial charge in [-0.3, -0.25) is 0 Å². The van der Waals surface area contributed by atoms with E-state index < -0.39 is 0 Å². The van der Waals surface area contributed by atoms with Crippen molar-refractivity contribution < 1.29 is 0 Å². The van der Waals surface area contributed by atoms with Crippen LogP contribution in [0.2, 0.25) is 0 Å². The molecule has 0 aromatic heterocycles. The van der Waals surface area contributed by atoms with E-state index in [4.69, 9.17) is 0 Å². The first-order valence-corrected chi connectivity index (χ1v) is 0. The van der Waals surface area contributed by atoms with Crippen LogP contribution in [0.1, 0.15) is 0 Å². The first kappa shape index (κ1) is 31.5. The van der Waals surface area contributed by atoms with Crippen LogP contribution in [0.25, 0.3) is 0 Å². The van der Waals surface area contributed by atoms with Crippen molar-refractivity contribution in [3.63, 3.8) is 0 Å². The zero-order valence-electron chi connectivity index (χ0n) is 1.97. The fourth-order valence-corrected chi connectivity index (χ4v) is 0. The second kappa shape index (κ2) is 17.8. The van der Waals surface area contributed by atoms with Gasteiger partial charge in [0.25, 0.3) is 0 Å². The molecule has 0 aliphatic carbocycles. The monoisotopic (exact) mass is 384 g/mol. The molecule has 0 unspecified atom stereocenters. The fourth-order valence-electron chi connectivity index (χ4n) is 0. The molecular formula is InS2Tl. The Bertz CT molecular complexity index is 6.00. The molecule has 0 N–H and O–H groups in total. The summed E-state index contributed by atoms with van der Waals surface area (Å²) in [5.41, 5.74) is 0. The van der Waals surface area contributed by atoms with Crippen LogP contribution in [-0.4, -0.2) is 53.1 Å². The molecule has 0 radical (unpaired) electrons. The molecule has 0 saturated heterocycles. The molecule has 0 aliphatic rings. The van der Waals surface area contributed by atoms with E-state index in [0.29, 0.717) is 0 Å². The van der Waals surface area contributed by atoms with E-state index in [9.17, 15) is 0 Å². The van der Waals surface area contributed by atoms with Crippen LogP contribution in [0.5, 0.6) is 0 Å². The second-order valence-corrected chi connectivity index (χ2v) is 0. The third kappa shape index (κ3) is 8.82. The van der Waals surface area contributed by atoms with E-state index in [0.717, 1.165) is 0 Å². The number of hydrogen-bond acceptors (Lipinski definition) is 0. The van der Waals surface area contributed by atoms with Gasteiger partial charge in [0.2, 0.25) is 0 Å². The Morgan fingerprint density at radius 2 is 0.750 bits per heavy atom. The van der Waals surface area contributed by atoms with Gasteiger partial charge in [0.1, 0.15) is 0 Å². The maximum atomic E-state index is 0. The van der Waals surface area contributed by atoms with Gasteiger partial charge < -0.3 is 27.0 Å². The van der Waals surface area contributed by atoms with E-state index >= 15 is 0 Å². The third-order valence-corrected chi connectivity index (χ3v) is 0. The first-order chi connectivity index (χ1) is 0. The molecule has 0 amide bonds. The van der Waals surface area contributed by atoms with E-state index in [1.807, 2.05) is 0 Å². The molecule has 0 aliphatic heterocycles. The summed E-state index contributed by atoms with van der Waals surface area (Å²) in [5.74, 6) is 0. The minimum absolute atomic E-state index is 0. The van der Waals surface area contributed by atoms with Crippen LogP contribution in [0.4, 0.5) is 0 Å². The van der Waals surface area contributed by atoms with Gasteiger partial charge in [-0.1, -0.05) is 0 Å². The molecule has 0 heterocycles. The normalized spacial score (nSPS) is 0. The zero-order chi connectivity index (χ0) is 0. The van der Waals surface area contributed by atoms with Crippen molar-refractivity contribution in [2.24, 2.45) is 0 Å². The summed E-state index contributed by atoms with van der Waals surface area (Å²) in [7, 11) is 0. The van der Waals surface area contributed by atoms with E-state index in [1.54, 1.807) is 0 Å². The SMILES string of the molecule is [In+3].[S-2].[S-2].[Tl+]. The Kier molecular flexibility index (Phi) is 141. The molecule has 0 atom stereocenters. The number of hydrogen-bond donors (Lipinski definition) is 0. The van der Waals surface area contributed by atoms with E-state index in [-0.39, 0.29) is 80.1 Å². The maximum Gasteiger partial charge on any atom is 3.00 e. The van der Waals surface area contributed by atoms with Gasteiger partial charge in [-0.15, -0.1) is 0 Å². The Morgan fingerprint density at radius 3 is 0.750 bits per heavy atom. The second-order valence-electron chi connectivity index (χ2n) is 0. The van der Waals surface area contributed by atoms with Gasteiger partial charge in [0.15, 0.2) is 0 Å². The van der Waals surface area contributed by atoms with Crippen molar-refractivity contribution in [3.05, 3.63) is 0 Å². The predicted molar refractivity (Wildman–Crippen MR) is 26.2 cm³/mol. The fraction of sp³-hybridized carbons (Fsp3) is 0. The van der Waals surface area contributed by atoms with Crippen molar-refractivity contribution >= 4 is 80.1 Å².